The highest BCUT2D eigenvalue weighted by Crippen LogP contribution is 2.42. The van der Waals surface area contributed by atoms with Gasteiger partial charge in [0.1, 0.15) is 5.70 Å². The lowest BCUT2D eigenvalue weighted by Gasteiger charge is -2.11. The normalized spacial score (nSPS) is 14.9. The minimum Gasteiger partial charge on any atom is -0.464 e. The lowest BCUT2D eigenvalue weighted by molar-refractivity contribution is -0.137. The van der Waals surface area contributed by atoms with Gasteiger partial charge in [0.2, 0.25) is 13.3 Å². The molecule has 17 heavy (non-hydrogen) atoms. The number of hydrogen-bond donors (Lipinski definition) is 1. The van der Waals surface area contributed by atoms with E-state index in [1.54, 1.807) is 6.92 Å². The summed E-state index contributed by atoms with van der Waals surface area (Å²) >= 11 is 0. The first-order chi connectivity index (χ1) is 7.82. The molecule has 0 saturated carbocycles. The van der Waals surface area contributed by atoms with Crippen LogP contribution in [-0.2, 0) is 23.4 Å². The number of esters is 1. The molecule has 0 aliphatic rings. The number of amides is 1. The minimum atomic E-state index is -2.78. The van der Waals surface area contributed by atoms with Gasteiger partial charge in [0.25, 0.3) is 0 Å². The highest BCUT2D eigenvalue weighted by Gasteiger charge is 2.17. The van der Waals surface area contributed by atoms with Crippen molar-refractivity contribution in [3.63, 3.8) is 0 Å². The molecule has 0 aromatic heterocycles. The zero-order valence-corrected chi connectivity index (χ0v) is 11.4. The summed E-state index contributed by atoms with van der Waals surface area (Å²) in [4.78, 5) is 22.2. The second kappa shape index (κ2) is 7.25. The Labute approximate surface area is 101 Å². The standard InChI is InChI=1S/C10H18NO5P/c1-5-16-17(4,14)7-6-9(10(13)15-3)11-8(2)12/h6H,5,7H2,1-4H3,(H,11,12). The monoisotopic (exact) mass is 263 g/mol. The largest absolute Gasteiger partial charge is 0.464 e. The van der Waals surface area contributed by atoms with Gasteiger partial charge in [-0.05, 0) is 13.0 Å². The Morgan fingerprint density at radius 2 is 2.00 bits per heavy atom. The summed E-state index contributed by atoms with van der Waals surface area (Å²) in [7, 11) is -1.57. The number of carbonyl (C=O) groups excluding carboxylic acids is 2. The zero-order chi connectivity index (χ0) is 13.5. The maximum absolute atomic E-state index is 11.8. The van der Waals surface area contributed by atoms with Crippen LogP contribution in [0.5, 0.6) is 0 Å². The predicted molar refractivity (Wildman–Crippen MR) is 63.9 cm³/mol. The molecular weight excluding hydrogens is 245 g/mol. The average Bonchev–Trinajstić information content (AvgIpc) is 2.22. The van der Waals surface area contributed by atoms with Gasteiger partial charge < -0.3 is 14.6 Å². The average molecular weight is 263 g/mol. The number of methoxy groups -OCH3 is 1. The van der Waals surface area contributed by atoms with Crippen LogP contribution in [-0.4, -0.2) is 38.4 Å². The van der Waals surface area contributed by atoms with Crippen LogP contribution in [0.3, 0.4) is 0 Å². The second-order valence-electron chi connectivity index (χ2n) is 3.41. The van der Waals surface area contributed by atoms with Gasteiger partial charge in [0, 0.05) is 19.8 Å². The van der Waals surface area contributed by atoms with Crippen LogP contribution in [0, 0.1) is 0 Å². The fourth-order valence-electron chi connectivity index (χ4n) is 1.07. The maximum Gasteiger partial charge on any atom is 0.354 e. The third-order valence-electron chi connectivity index (χ3n) is 1.75. The van der Waals surface area contributed by atoms with Crippen LogP contribution < -0.4 is 5.32 Å². The van der Waals surface area contributed by atoms with Gasteiger partial charge in [-0.15, -0.1) is 0 Å². The third-order valence-corrected chi connectivity index (χ3v) is 3.40. The number of ether oxygens (including phenoxy) is 1. The van der Waals surface area contributed by atoms with Crippen molar-refractivity contribution in [2.75, 3.05) is 26.5 Å². The Hall–Kier alpha value is -1.13. The molecule has 0 aromatic rings. The molecule has 1 amide bonds. The van der Waals surface area contributed by atoms with Gasteiger partial charge in [0.05, 0.1) is 13.7 Å². The van der Waals surface area contributed by atoms with E-state index in [2.05, 4.69) is 10.1 Å². The quantitative estimate of drug-likeness (QED) is 0.441. The number of carbonyl (C=O) groups is 2. The van der Waals surface area contributed by atoms with Crippen molar-refractivity contribution in [3.05, 3.63) is 11.8 Å². The Balaban J connectivity index is 4.75. The van der Waals surface area contributed by atoms with Gasteiger partial charge in [-0.1, -0.05) is 0 Å². The van der Waals surface area contributed by atoms with Gasteiger partial charge in [-0.25, -0.2) is 4.79 Å². The van der Waals surface area contributed by atoms with Gasteiger partial charge in [0.15, 0.2) is 0 Å². The first kappa shape index (κ1) is 15.9. The van der Waals surface area contributed by atoms with E-state index in [1.165, 1.54) is 26.8 Å². The van der Waals surface area contributed by atoms with Crippen molar-refractivity contribution in [1.29, 1.82) is 0 Å². The van der Waals surface area contributed by atoms with Crippen LogP contribution in [0.15, 0.2) is 11.8 Å². The van der Waals surface area contributed by atoms with E-state index >= 15 is 0 Å². The maximum atomic E-state index is 11.8. The lowest BCUT2D eigenvalue weighted by atomic mass is 10.4. The van der Waals surface area contributed by atoms with Crippen molar-refractivity contribution in [1.82, 2.24) is 5.32 Å². The molecule has 0 saturated heterocycles. The molecule has 0 spiro atoms. The molecule has 6 nitrogen and oxygen atoms in total. The molecule has 0 aliphatic heterocycles. The lowest BCUT2D eigenvalue weighted by Crippen LogP contribution is -2.26. The van der Waals surface area contributed by atoms with Crippen molar-refractivity contribution >= 4 is 19.2 Å². The van der Waals surface area contributed by atoms with Gasteiger partial charge in [-0.3, -0.25) is 9.36 Å². The Kier molecular flexibility index (Phi) is 6.76. The minimum absolute atomic E-state index is 0.0261. The predicted octanol–water partition coefficient (Wildman–Crippen LogP) is 1.12. The van der Waals surface area contributed by atoms with E-state index in [-0.39, 0.29) is 11.9 Å². The van der Waals surface area contributed by atoms with E-state index in [0.29, 0.717) is 6.61 Å². The zero-order valence-electron chi connectivity index (χ0n) is 10.5. The first-order valence-corrected chi connectivity index (χ1v) is 7.35. The van der Waals surface area contributed by atoms with E-state index in [1.807, 2.05) is 0 Å². The van der Waals surface area contributed by atoms with E-state index < -0.39 is 19.2 Å². The topological polar surface area (TPSA) is 81.7 Å². The number of hydrogen-bond acceptors (Lipinski definition) is 5. The SMILES string of the molecule is CCOP(C)(=O)CC=C(NC(C)=O)C(=O)OC. The number of allylic oxidation sites excluding steroid dienone is 1. The second-order valence-corrected chi connectivity index (χ2v) is 6.06. The van der Waals surface area contributed by atoms with Crippen LogP contribution in [0.1, 0.15) is 13.8 Å². The number of nitrogens with one attached hydrogen (secondary N) is 1. The molecule has 0 rings (SSSR count). The van der Waals surface area contributed by atoms with Crippen molar-refractivity contribution in [3.8, 4) is 0 Å². The highest BCUT2D eigenvalue weighted by atomic mass is 31.2. The summed E-state index contributed by atoms with van der Waals surface area (Å²) in [6.45, 7) is 4.80. The van der Waals surface area contributed by atoms with Crippen molar-refractivity contribution in [2.24, 2.45) is 0 Å². The third kappa shape index (κ3) is 6.92. The molecule has 7 heteroatoms. The molecule has 0 heterocycles. The van der Waals surface area contributed by atoms with Crippen LogP contribution in [0.2, 0.25) is 0 Å². The van der Waals surface area contributed by atoms with Crippen molar-refractivity contribution < 1.29 is 23.4 Å². The molecule has 0 aromatic carbocycles. The van der Waals surface area contributed by atoms with Crippen LogP contribution in [0.25, 0.3) is 0 Å². The molecule has 0 aliphatic carbocycles. The summed E-state index contributed by atoms with van der Waals surface area (Å²) in [5, 5.41) is 2.32. The van der Waals surface area contributed by atoms with Crippen LogP contribution in [0.4, 0.5) is 0 Å². The Morgan fingerprint density at radius 3 is 2.41 bits per heavy atom. The van der Waals surface area contributed by atoms with Gasteiger partial charge >= 0.3 is 5.97 Å². The summed E-state index contributed by atoms with van der Waals surface area (Å²) in [5.41, 5.74) is -0.0261. The fourth-order valence-corrected chi connectivity index (χ4v) is 2.23. The Bertz CT molecular complexity index is 364. The van der Waals surface area contributed by atoms with Crippen molar-refractivity contribution in [2.45, 2.75) is 13.8 Å². The summed E-state index contributed by atoms with van der Waals surface area (Å²) < 4.78 is 21.3. The summed E-state index contributed by atoms with van der Waals surface area (Å²) in [6, 6.07) is 0. The smallest absolute Gasteiger partial charge is 0.354 e. The molecular formula is C10H18NO5P. The molecule has 0 bridgehead atoms. The Morgan fingerprint density at radius 1 is 1.41 bits per heavy atom. The van der Waals surface area contributed by atoms with Crippen LogP contribution >= 0.6 is 7.37 Å². The highest BCUT2D eigenvalue weighted by molar-refractivity contribution is 7.58. The fraction of sp³-hybridized carbons (Fsp3) is 0.600. The number of rotatable bonds is 6. The summed E-state index contributed by atoms with van der Waals surface area (Å²) in [6.07, 6.45) is 1.41. The molecule has 0 radical (unpaired) electrons. The summed E-state index contributed by atoms with van der Waals surface area (Å²) in [5.74, 6) is -1.08. The molecule has 0 fully saturated rings. The van der Waals surface area contributed by atoms with E-state index in [4.69, 9.17) is 4.52 Å². The first-order valence-electron chi connectivity index (χ1n) is 5.09. The molecule has 98 valence electrons. The van der Waals surface area contributed by atoms with E-state index in [9.17, 15) is 14.2 Å². The molecule has 1 atom stereocenters. The van der Waals surface area contributed by atoms with E-state index in [0.717, 1.165) is 0 Å². The molecule has 1 N–H and O–H groups in total. The van der Waals surface area contributed by atoms with Gasteiger partial charge in [-0.2, -0.15) is 0 Å². The molecule has 1 unspecified atom stereocenters.